The summed E-state index contributed by atoms with van der Waals surface area (Å²) in [6.45, 7) is 1.89. The van der Waals surface area contributed by atoms with Gasteiger partial charge in [0.15, 0.2) is 0 Å². The monoisotopic (exact) mass is 330 g/mol. The molecule has 0 aliphatic heterocycles. The van der Waals surface area contributed by atoms with Crippen LogP contribution in [0.5, 0.6) is 5.75 Å². The molecule has 0 spiro atoms. The van der Waals surface area contributed by atoms with Crippen LogP contribution in [-0.4, -0.2) is 6.36 Å². The Morgan fingerprint density at radius 2 is 2.00 bits per heavy atom. The molecule has 0 N–H and O–H groups in total. The van der Waals surface area contributed by atoms with Gasteiger partial charge in [-0.2, -0.15) is 0 Å². The van der Waals surface area contributed by atoms with Crippen LogP contribution in [0, 0.1) is 0 Å². The van der Waals surface area contributed by atoms with Crippen LogP contribution < -0.4 is 4.74 Å². The maximum Gasteiger partial charge on any atom is 0.573 e. The van der Waals surface area contributed by atoms with E-state index in [2.05, 4.69) is 4.74 Å². The van der Waals surface area contributed by atoms with Crippen LogP contribution in [0.25, 0.3) is 0 Å². The largest absolute Gasteiger partial charge is 0.573 e. The molecule has 0 heterocycles. The fourth-order valence-corrected chi connectivity index (χ4v) is 1.78. The molecule has 1 nitrogen and oxygen atoms in total. The van der Waals surface area contributed by atoms with E-state index in [-0.39, 0.29) is 5.75 Å². The smallest absolute Gasteiger partial charge is 0.405 e. The predicted octanol–water partition coefficient (Wildman–Crippen LogP) is 4.08. The molecule has 0 bridgehead atoms. The highest BCUT2D eigenvalue weighted by atomic mass is 127. The molecule has 0 saturated heterocycles. The van der Waals surface area contributed by atoms with E-state index in [4.69, 9.17) is 0 Å². The van der Waals surface area contributed by atoms with Crippen molar-refractivity contribution in [2.45, 2.75) is 24.1 Å². The second-order valence-electron chi connectivity index (χ2n) is 2.98. The van der Waals surface area contributed by atoms with Crippen LogP contribution in [0.4, 0.5) is 13.2 Å². The summed E-state index contributed by atoms with van der Waals surface area (Å²) >= 11 is 2.01. The molecule has 1 aromatic rings. The highest BCUT2D eigenvalue weighted by molar-refractivity contribution is 14.1. The van der Waals surface area contributed by atoms with Crippen LogP contribution >= 0.6 is 22.6 Å². The Bertz CT molecular complexity index is 336. The van der Waals surface area contributed by atoms with Crippen molar-refractivity contribution < 1.29 is 17.9 Å². The summed E-state index contributed by atoms with van der Waals surface area (Å²) in [5.41, 5.74) is 1.40. The number of hydrogen-bond donors (Lipinski definition) is 0. The number of aryl methyl sites for hydroxylation is 1. The van der Waals surface area contributed by atoms with Crippen molar-refractivity contribution in [2.75, 3.05) is 0 Å². The third-order valence-corrected chi connectivity index (χ3v) is 2.73. The predicted molar refractivity (Wildman–Crippen MR) is 60.2 cm³/mol. The number of benzene rings is 1. The molecule has 1 rings (SSSR count). The van der Waals surface area contributed by atoms with E-state index in [9.17, 15) is 13.2 Å². The molecular formula is C10H10F3IO. The van der Waals surface area contributed by atoms with Crippen LogP contribution in [-0.2, 0) is 10.8 Å². The van der Waals surface area contributed by atoms with E-state index in [0.29, 0.717) is 16.4 Å². The summed E-state index contributed by atoms with van der Waals surface area (Å²) in [6, 6.07) is 4.94. The van der Waals surface area contributed by atoms with Gasteiger partial charge in [0.2, 0.25) is 0 Å². The highest BCUT2D eigenvalue weighted by Gasteiger charge is 2.32. The second kappa shape index (κ2) is 5.05. The maximum absolute atomic E-state index is 12.1. The minimum atomic E-state index is -4.62. The SMILES string of the molecule is CCc1ccc(CI)c(OC(F)(F)F)c1. The lowest BCUT2D eigenvalue weighted by Gasteiger charge is -2.13. The lowest BCUT2D eigenvalue weighted by atomic mass is 10.1. The Balaban J connectivity index is 3.01. The average Bonchev–Trinajstić information content (AvgIpc) is 2.15. The molecule has 0 unspecified atom stereocenters. The first-order chi connectivity index (χ1) is 6.96. The fourth-order valence-electron chi connectivity index (χ4n) is 1.15. The summed E-state index contributed by atoms with van der Waals surface area (Å²) in [5, 5.41) is 0. The Hall–Kier alpha value is -0.460. The van der Waals surface area contributed by atoms with Gasteiger partial charge in [0, 0.05) is 9.99 Å². The molecule has 5 heteroatoms. The van der Waals surface area contributed by atoms with Crippen LogP contribution in [0.1, 0.15) is 18.1 Å². The lowest BCUT2D eigenvalue weighted by molar-refractivity contribution is -0.274. The van der Waals surface area contributed by atoms with Crippen molar-refractivity contribution in [1.29, 1.82) is 0 Å². The van der Waals surface area contributed by atoms with Crippen LogP contribution in [0.2, 0.25) is 0 Å². The third-order valence-electron chi connectivity index (χ3n) is 1.91. The molecule has 84 valence electrons. The van der Waals surface area contributed by atoms with Crippen molar-refractivity contribution >= 4 is 22.6 Å². The molecule has 0 atom stereocenters. The van der Waals surface area contributed by atoms with E-state index in [1.807, 2.05) is 35.6 Å². The summed E-state index contributed by atoms with van der Waals surface area (Å²) in [6.07, 6.45) is -3.93. The number of hydrogen-bond acceptors (Lipinski definition) is 1. The van der Waals surface area contributed by atoms with Gasteiger partial charge in [0.05, 0.1) is 0 Å². The van der Waals surface area contributed by atoms with Gasteiger partial charge in [0.1, 0.15) is 5.75 Å². The summed E-state index contributed by atoms with van der Waals surface area (Å²) in [7, 11) is 0. The Labute approximate surface area is 99.8 Å². The van der Waals surface area contributed by atoms with Crippen molar-refractivity contribution in [1.82, 2.24) is 0 Å². The van der Waals surface area contributed by atoms with Gasteiger partial charge in [-0.25, -0.2) is 0 Å². The van der Waals surface area contributed by atoms with Crippen molar-refractivity contribution in [2.24, 2.45) is 0 Å². The summed E-state index contributed by atoms with van der Waals surface area (Å²) < 4.78 is 40.7. The van der Waals surface area contributed by atoms with E-state index < -0.39 is 6.36 Å². The highest BCUT2D eigenvalue weighted by Crippen LogP contribution is 2.29. The second-order valence-corrected chi connectivity index (χ2v) is 3.74. The molecule has 0 fully saturated rings. The summed E-state index contributed by atoms with van der Waals surface area (Å²) in [4.78, 5) is 0. The standard InChI is InChI=1S/C10H10F3IO/c1-2-7-3-4-8(6-14)9(5-7)15-10(11,12)13/h3-5H,2,6H2,1H3. The van der Waals surface area contributed by atoms with Gasteiger partial charge in [0.25, 0.3) is 0 Å². The average molecular weight is 330 g/mol. The molecule has 15 heavy (non-hydrogen) atoms. The molecule has 0 amide bonds. The minimum Gasteiger partial charge on any atom is -0.405 e. The van der Waals surface area contributed by atoms with Gasteiger partial charge >= 0.3 is 6.36 Å². The van der Waals surface area contributed by atoms with Gasteiger partial charge in [-0.1, -0.05) is 41.6 Å². The first-order valence-corrected chi connectivity index (χ1v) is 5.92. The summed E-state index contributed by atoms with van der Waals surface area (Å²) in [5.74, 6) is -0.0868. The Kier molecular flexibility index (Phi) is 4.24. The van der Waals surface area contributed by atoms with Crippen molar-refractivity contribution in [3.8, 4) is 5.75 Å². The number of ether oxygens (including phenoxy) is 1. The quantitative estimate of drug-likeness (QED) is 0.599. The van der Waals surface area contributed by atoms with Crippen LogP contribution in [0.3, 0.4) is 0 Å². The van der Waals surface area contributed by atoms with E-state index in [1.165, 1.54) is 6.07 Å². The molecular weight excluding hydrogens is 320 g/mol. The third kappa shape index (κ3) is 3.89. The lowest BCUT2D eigenvalue weighted by Crippen LogP contribution is -2.18. The van der Waals surface area contributed by atoms with E-state index >= 15 is 0 Å². The molecule has 1 aromatic carbocycles. The number of halogens is 4. The van der Waals surface area contributed by atoms with Gasteiger partial charge in [-0.3, -0.25) is 0 Å². The van der Waals surface area contributed by atoms with Gasteiger partial charge in [-0.15, -0.1) is 13.2 Å². The molecule has 0 aromatic heterocycles. The van der Waals surface area contributed by atoms with Crippen molar-refractivity contribution in [3.05, 3.63) is 29.3 Å². The van der Waals surface area contributed by atoms with E-state index in [0.717, 1.165) is 5.56 Å². The Morgan fingerprint density at radius 1 is 1.33 bits per heavy atom. The van der Waals surface area contributed by atoms with Crippen LogP contribution in [0.15, 0.2) is 18.2 Å². The number of rotatable bonds is 3. The molecule has 0 radical (unpaired) electrons. The fraction of sp³-hybridized carbons (Fsp3) is 0.400. The zero-order valence-electron chi connectivity index (χ0n) is 8.07. The maximum atomic E-state index is 12.1. The van der Waals surface area contributed by atoms with Crippen molar-refractivity contribution in [3.63, 3.8) is 0 Å². The Morgan fingerprint density at radius 3 is 2.47 bits per heavy atom. The number of alkyl halides is 4. The van der Waals surface area contributed by atoms with Gasteiger partial charge < -0.3 is 4.74 Å². The molecule has 0 aliphatic carbocycles. The zero-order chi connectivity index (χ0) is 11.5. The normalized spacial score (nSPS) is 11.5. The first-order valence-electron chi connectivity index (χ1n) is 4.39. The van der Waals surface area contributed by atoms with Gasteiger partial charge in [-0.05, 0) is 18.1 Å². The molecule has 0 aliphatic rings. The van der Waals surface area contributed by atoms with E-state index in [1.54, 1.807) is 6.07 Å². The molecule has 0 saturated carbocycles. The minimum absolute atomic E-state index is 0.0868. The zero-order valence-corrected chi connectivity index (χ0v) is 10.2. The topological polar surface area (TPSA) is 9.23 Å². The first kappa shape index (κ1) is 12.6.